The summed E-state index contributed by atoms with van der Waals surface area (Å²) >= 11 is 0. The summed E-state index contributed by atoms with van der Waals surface area (Å²) in [6, 6.07) is 27.7. The summed E-state index contributed by atoms with van der Waals surface area (Å²) in [6.07, 6.45) is 1.88. The Morgan fingerprint density at radius 1 is 0.644 bits per heavy atom. The van der Waals surface area contributed by atoms with Gasteiger partial charge in [0.2, 0.25) is 0 Å². The highest BCUT2D eigenvalue weighted by Crippen LogP contribution is 2.46. The highest BCUT2D eigenvalue weighted by molar-refractivity contribution is 7.32. The molecule has 0 fully saturated rings. The van der Waals surface area contributed by atoms with Gasteiger partial charge in [0.15, 0.2) is 0 Å². The Morgan fingerprint density at radius 3 is 1.89 bits per heavy atom. The molecule has 1 aromatic heterocycles. The molecule has 0 radical (unpaired) electrons. The van der Waals surface area contributed by atoms with E-state index in [9.17, 15) is 0 Å². The van der Waals surface area contributed by atoms with E-state index in [2.05, 4.69) is 136 Å². The van der Waals surface area contributed by atoms with Crippen LogP contribution in [0.4, 0.5) is 0 Å². The van der Waals surface area contributed by atoms with Gasteiger partial charge in [-0.2, -0.15) is 0 Å². The molecule has 7 rings (SSSR count). The third-order valence-electron chi connectivity index (χ3n) is 9.47. The second-order valence-corrected chi connectivity index (χ2v) is 13.6. The molecule has 45 heavy (non-hydrogen) atoms. The Hall–Kier alpha value is -4.29. The van der Waals surface area contributed by atoms with Crippen molar-refractivity contribution >= 4 is 72.3 Å². The third-order valence-corrected chi connectivity index (χ3v) is 11.0. The molecule has 0 spiro atoms. The van der Waals surface area contributed by atoms with Crippen molar-refractivity contribution in [1.29, 1.82) is 0 Å². The van der Waals surface area contributed by atoms with Gasteiger partial charge in [0.25, 0.3) is 0 Å². The van der Waals surface area contributed by atoms with Gasteiger partial charge < -0.3 is 12.9 Å². The second-order valence-electron chi connectivity index (χ2n) is 12.0. The fourth-order valence-corrected chi connectivity index (χ4v) is 7.94. The minimum atomic E-state index is -1.86. The van der Waals surface area contributed by atoms with Crippen LogP contribution in [0.15, 0.2) is 93.8 Å². The number of benzene rings is 6. The van der Waals surface area contributed by atoms with Crippen LogP contribution in [-0.4, -0.2) is 0 Å². The zero-order chi connectivity index (χ0) is 31.6. The lowest BCUT2D eigenvalue weighted by Crippen LogP contribution is -2.00. The molecule has 0 aliphatic heterocycles. The van der Waals surface area contributed by atoms with Crippen molar-refractivity contribution in [2.24, 2.45) is 0 Å². The van der Waals surface area contributed by atoms with Crippen molar-refractivity contribution < 1.29 is 12.9 Å². The van der Waals surface area contributed by atoms with Crippen LogP contribution >= 0.6 is 17.5 Å². The Kier molecular flexibility index (Phi) is 7.36. The van der Waals surface area contributed by atoms with Crippen LogP contribution in [0.3, 0.4) is 0 Å². The first kappa shape index (κ1) is 29.4. The van der Waals surface area contributed by atoms with Crippen LogP contribution in [0.2, 0.25) is 0 Å². The second kappa shape index (κ2) is 11.3. The van der Waals surface area contributed by atoms with Crippen LogP contribution in [0.5, 0.6) is 5.75 Å². The number of fused-ring (bicyclic) bond motifs is 5. The van der Waals surface area contributed by atoms with Crippen molar-refractivity contribution in [3.05, 3.63) is 124 Å². The molecule has 1 heterocycles. The van der Waals surface area contributed by atoms with Crippen LogP contribution in [-0.2, 0) is 0 Å². The van der Waals surface area contributed by atoms with E-state index >= 15 is 0 Å². The molecule has 0 saturated carbocycles. The monoisotopic (exact) mass is 626 g/mol. The highest BCUT2D eigenvalue weighted by atomic mass is 31.1. The van der Waals surface area contributed by atoms with Crippen molar-refractivity contribution in [2.45, 2.75) is 41.5 Å². The summed E-state index contributed by atoms with van der Waals surface area (Å²) < 4.78 is 20.4. The molecule has 0 aliphatic rings. The van der Waals surface area contributed by atoms with Gasteiger partial charge in [-0.25, -0.2) is 0 Å². The lowest BCUT2D eigenvalue weighted by molar-refractivity contribution is 0.499. The van der Waals surface area contributed by atoms with Crippen molar-refractivity contribution in [3.8, 4) is 16.9 Å². The maximum Gasteiger partial charge on any atom is 0.453 e. The van der Waals surface area contributed by atoms with Gasteiger partial charge in [-0.05, 0) is 132 Å². The number of rotatable bonds is 4. The van der Waals surface area contributed by atoms with E-state index in [0.717, 1.165) is 60.1 Å². The summed E-state index contributed by atoms with van der Waals surface area (Å²) in [5.74, 6) is 0.714. The van der Waals surface area contributed by atoms with Crippen LogP contribution in [0.1, 0.15) is 38.9 Å². The summed E-state index contributed by atoms with van der Waals surface area (Å²) in [5, 5.41) is 7.79. The first-order chi connectivity index (χ1) is 21.7. The normalized spacial score (nSPS) is 11.5. The van der Waals surface area contributed by atoms with Gasteiger partial charge in [-0.1, -0.05) is 67.3 Å². The van der Waals surface area contributed by atoms with Crippen LogP contribution < -0.4 is 9.83 Å². The largest absolute Gasteiger partial charge is 0.453 e. The molecule has 3 nitrogen and oxygen atoms in total. The van der Waals surface area contributed by atoms with Gasteiger partial charge in [0.05, 0.1) is 0 Å². The van der Waals surface area contributed by atoms with E-state index in [1.807, 2.05) is 6.08 Å². The number of hydrogen-bond donors (Lipinski definition) is 0. The summed E-state index contributed by atoms with van der Waals surface area (Å²) in [5.41, 5.74) is 12.1. The minimum Gasteiger partial charge on any atom is -0.390 e. The molecule has 0 N–H and O–H groups in total. The zero-order valence-electron chi connectivity index (χ0n) is 26.5. The van der Waals surface area contributed by atoms with Crippen LogP contribution in [0, 0.1) is 41.5 Å². The van der Waals surface area contributed by atoms with E-state index in [1.54, 1.807) is 0 Å². The summed E-state index contributed by atoms with van der Waals surface area (Å²) in [7, 11) is 1.07. The zero-order valence-corrected chi connectivity index (χ0v) is 28.6. The lowest BCUT2D eigenvalue weighted by atomic mass is 9.92. The number of hydrogen-bond acceptors (Lipinski definition) is 3. The molecule has 7 aromatic rings. The Morgan fingerprint density at radius 2 is 1.24 bits per heavy atom. The predicted octanol–water partition coefficient (Wildman–Crippen LogP) is 12.1. The predicted molar refractivity (Wildman–Crippen MR) is 197 cm³/mol. The lowest BCUT2D eigenvalue weighted by Gasteiger charge is -2.17. The fraction of sp³-hybridized carbons (Fsp3) is 0.150. The molecule has 0 bridgehead atoms. The Balaban J connectivity index is 1.57. The molecular weight excluding hydrogens is 590 g/mol. The average molecular weight is 627 g/mol. The van der Waals surface area contributed by atoms with Crippen molar-refractivity contribution in [1.82, 2.24) is 0 Å². The Labute approximate surface area is 267 Å². The van der Waals surface area contributed by atoms with Crippen LogP contribution in [0.25, 0.3) is 60.7 Å². The van der Waals surface area contributed by atoms with E-state index in [4.69, 9.17) is 12.9 Å². The molecule has 224 valence electrons. The molecule has 5 heteroatoms. The summed E-state index contributed by atoms with van der Waals surface area (Å²) in [6.45, 7) is 17.0. The molecule has 0 aliphatic carbocycles. The maximum atomic E-state index is 6.91. The molecule has 1 unspecified atom stereocenters. The van der Waals surface area contributed by atoms with Gasteiger partial charge >= 0.3 is 8.24 Å². The van der Waals surface area contributed by atoms with Crippen molar-refractivity contribution in [2.75, 3.05) is 0 Å². The Bertz CT molecular complexity index is 2320. The maximum absolute atomic E-state index is 6.91. The molecule has 1 atom stereocenters. The fourth-order valence-electron chi connectivity index (χ4n) is 6.51. The summed E-state index contributed by atoms with van der Waals surface area (Å²) in [4.78, 5) is 0. The smallest absolute Gasteiger partial charge is 0.390 e. The van der Waals surface area contributed by atoms with Gasteiger partial charge in [0, 0.05) is 21.9 Å². The quantitative estimate of drug-likeness (QED) is 0.182. The van der Waals surface area contributed by atoms with E-state index in [1.165, 1.54) is 38.8 Å². The first-order valence-corrected chi connectivity index (χ1v) is 16.9. The minimum absolute atomic E-state index is 0.714. The highest BCUT2D eigenvalue weighted by Gasteiger charge is 2.21. The molecule has 6 aromatic carbocycles. The average Bonchev–Trinajstić information content (AvgIpc) is 3.18. The molecule has 0 amide bonds. The standard InChI is InChI=1S/C40H36O3P2/c1-8-28-13-16-32-30(21-28)14-17-33(39(32)40-31-12-10-9-11-29(31)15-18-36(40)44)41-45-42-34-19-22(2)24(4)26(6)37(34)38-27(7)25(5)23(3)20-35(38)43-45/h8-21H,1,44H2,2-7H3. The topological polar surface area (TPSA) is 35.5 Å². The number of aryl methyl sites for hydroxylation is 4. The van der Waals surface area contributed by atoms with Gasteiger partial charge in [-0.15, -0.1) is 9.24 Å². The van der Waals surface area contributed by atoms with Crippen molar-refractivity contribution in [3.63, 3.8) is 0 Å². The first-order valence-electron chi connectivity index (χ1n) is 15.2. The van der Waals surface area contributed by atoms with Gasteiger partial charge in [0.1, 0.15) is 16.9 Å². The van der Waals surface area contributed by atoms with Gasteiger partial charge in [-0.3, -0.25) is 0 Å². The van der Waals surface area contributed by atoms with E-state index in [0.29, 0.717) is 5.75 Å². The SMILES string of the molecule is C=Cc1ccc2c(-c3c(P)ccc4ccccc34)c(Op3oc4cc(C)c(C)c(C)c4c4c(C)c(C)c(C)cc4o3)ccc2c1. The third kappa shape index (κ3) is 4.87. The van der Waals surface area contributed by atoms with E-state index in [-0.39, 0.29) is 0 Å². The molecular formula is C40H36O3P2. The van der Waals surface area contributed by atoms with E-state index < -0.39 is 8.24 Å². The molecule has 0 saturated heterocycles.